The van der Waals surface area contributed by atoms with Crippen molar-refractivity contribution in [1.82, 2.24) is 15.0 Å². The smallest absolute Gasteiger partial charge is 0.321 e. The fourth-order valence-electron chi connectivity index (χ4n) is 1.52. The molecule has 94 valence electrons. The van der Waals surface area contributed by atoms with Gasteiger partial charge in [-0.05, 0) is 49.2 Å². The zero-order valence-corrected chi connectivity index (χ0v) is 10.7. The summed E-state index contributed by atoms with van der Waals surface area (Å²) in [7, 11) is 0. The van der Waals surface area contributed by atoms with Gasteiger partial charge in [0.05, 0.1) is 6.61 Å². The maximum atomic E-state index is 13.0. The molecule has 1 aromatic heterocycles. The third-order valence-electron chi connectivity index (χ3n) is 2.29. The van der Waals surface area contributed by atoms with Gasteiger partial charge in [-0.2, -0.15) is 15.0 Å². The Balaban J connectivity index is 2.49. The molecule has 0 bridgehead atoms. The second kappa shape index (κ2) is 5.27. The van der Waals surface area contributed by atoms with Crippen LogP contribution in [0.4, 0.5) is 4.39 Å². The predicted molar refractivity (Wildman–Crippen MR) is 66.1 cm³/mol. The first-order valence-electron chi connectivity index (χ1n) is 5.41. The summed E-state index contributed by atoms with van der Waals surface area (Å²) in [6.07, 6.45) is 0. The van der Waals surface area contributed by atoms with Crippen LogP contribution < -0.4 is 4.74 Å². The second-order valence-corrected chi connectivity index (χ2v) is 3.94. The van der Waals surface area contributed by atoms with Gasteiger partial charge in [0, 0.05) is 5.56 Å². The summed E-state index contributed by atoms with van der Waals surface area (Å²) in [6.45, 7) is 4.03. The standard InChI is InChI=1S/C12H11ClFN3O/c1-3-18-12-16-10(15-11(13)17-12)9-5-4-8(14)6-7(9)2/h4-6H,3H2,1-2H3. The summed E-state index contributed by atoms with van der Waals surface area (Å²) in [5.41, 5.74) is 1.42. The van der Waals surface area contributed by atoms with E-state index < -0.39 is 0 Å². The zero-order valence-electron chi connectivity index (χ0n) is 9.94. The van der Waals surface area contributed by atoms with E-state index in [4.69, 9.17) is 16.3 Å². The predicted octanol–water partition coefficient (Wildman–Crippen LogP) is 3.04. The third-order valence-corrected chi connectivity index (χ3v) is 2.46. The first kappa shape index (κ1) is 12.7. The number of ether oxygens (including phenoxy) is 1. The van der Waals surface area contributed by atoms with Crippen LogP contribution >= 0.6 is 11.6 Å². The minimum atomic E-state index is -0.304. The molecule has 0 amide bonds. The Morgan fingerprint density at radius 1 is 1.28 bits per heavy atom. The van der Waals surface area contributed by atoms with E-state index in [9.17, 15) is 4.39 Å². The second-order valence-electron chi connectivity index (χ2n) is 3.60. The van der Waals surface area contributed by atoms with Crippen LogP contribution in [0.15, 0.2) is 18.2 Å². The number of nitrogens with zero attached hydrogens (tertiary/aromatic N) is 3. The Kier molecular flexibility index (Phi) is 3.72. The number of aromatic nitrogens is 3. The molecule has 6 heteroatoms. The van der Waals surface area contributed by atoms with Gasteiger partial charge in [0.15, 0.2) is 5.82 Å². The minimum absolute atomic E-state index is 0.0483. The molecule has 2 rings (SSSR count). The highest BCUT2D eigenvalue weighted by Crippen LogP contribution is 2.23. The molecule has 0 N–H and O–H groups in total. The molecule has 0 saturated heterocycles. The van der Waals surface area contributed by atoms with Crippen molar-refractivity contribution in [2.24, 2.45) is 0 Å². The number of hydrogen-bond acceptors (Lipinski definition) is 4. The van der Waals surface area contributed by atoms with Gasteiger partial charge in [-0.3, -0.25) is 0 Å². The minimum Gasteiger partial charge on any atom is -0.464 e. The molecule has 2 aromatic rings. The highest BCUT2D eigenvalue weighted by atomic mass is 35.5. The van der Waals surface area contributed by atoms with E-state index in [2.05, 4.69) is 15.0 Å². The maximum Gasteiger partial charge on any atom is 0.321 e. The highest BCUT2D eigenvalue weighted by Gasteiger charge is 2.10. The zero-order chi connectivity index (χ0) is 13.1. The van der Waals surface area contributed by atoms with E-state index in [0.717, 1.165) is 5.56 Å². The van der Waals surface area contributed by atoms with Crippen LogP contribution in [0, 0.1) is 12.7 Å². The molecular weight excluding hydrogens is 257 g/mol. The average Bonchev–Trinajstić information content (AvgIpc) is 2.28. The quantitative estimate of drug-likeness (QED) is 0.858. The molecule has 0 aliphatic heterocycles. The third kappa shape index (κ3) is 2.73. The van der Waals surface area contributed by atoms with Gasteiger partial charge in [0.1, 0.15) is 5.82 Å². The Labute approximate surface area is 109 Å². The molecular formula is C12H11ClFN3O. The van der Waals surface area contributed by atoms with E-state index in [1.165, 1.54) is 12.1 Å². The summed E-state index contributed by atoms with van der Waals surface area (Å²) < 4.78 is 18.2. The molecule has 0 radical (unpaired) electrons. The number of rotatable bonds is 3. The maximum absolute atomic E-state index is 13.0. The summed E-state index contributed by atoms with van der Waals surface area (Å²) in [6, 6.07) is 4.52. The van der Waals surface area contributed by atoms with Gasteiger partial charge in [0.25, 0.3) is 0 Å². The van der Waals surface area contributed by atoms with Crippen molar-refractivity contribution in [3.8, 4) is 17.4 Å². The molecule has 0 unspecified atom stereocenters. The molecule has 1 heterocycles. The molecule has 0 aliphatic rings. The van der Waals surface area contributed by atoms with Crippen molar-refractivity contribution < 1.29 is 9.13 Å². The number of benzene rings is 1. The van der Waals surface area contributed by atoms with Crippen LogP contribution in [-0.4, -0.2) is 21.6 Å². The van der Waals surface area contributed by atoms with Gasteiger partial charge < -0.3 is 4.74 Å². The molecule has 4 nitrogen and oxygen atoms in total. The Morgan fingerprint density at radius 3 is 2.72 bits per heavy atom. The van der Waals surface area contributed by atoms with Gasteiger partial charge in [0.2, 0.25) is 5.28 Å². The van der Waals surface area contributed by atoms with Crippen molar-refractivity contribution in [2.75, 3.05) is 6.61 Å². The SMILES string of the molecule is CCOc1nc(Cl)nc(-c2ccc(F)cc2C)n1. The van der Waals surface area contributed by atoms with E-state index in [1.54, 1.807) is 13.0 Å². The molecule has 0 saturated carbocycles. The lowest BCUT2D eigenvalue weighted by Crippen LogP contribution is -2.02. The van der Waals surface area contributed by atoms with Crippen LogP contribution in [0.25, 0.3) is 11.4 Å². The molecule has 0 atom stereocenters. The largest absolute Gasteiger partial charge is 0.464 e. The van der Waals surface area contributed by atoms with Crippen molar-refractivity contribution in [3.63, 3.8) is 0 Å². The van der Waals surface area contributed by atoms with E-state index in [1.807, 2.05) is 6.92 Å². The van der Waals surface area contributed by atoms with Crippen LogP contribution in [0.3, 0.4) is 0 Å². The Bertz CT molecular complexity index is 577. The van der Waals surface area contributed by atoms with Crippen molar-refractivity contribution >= 4 is 11.6 Å². The lowest BCUT2D eigenvalue weighted by atomic mass is 10.1. The van der Waals surface area contributed by atoms with Crippen LogP contribution in [-0.2, 0) is 0 Å². The van der Waals surface area contributed by atoms with E-state index >= 15 is 0 Å². The number of halogens is 2. The topological polar surface area (TPSA) is 47.9 Å². The fourth-order valence-corrected chi connectivity index (χ4v) is 1.68. The summed E-state index contributed by atoms with van der Waals surface area (Å²) in [5.74, 6) is 0.0670. The average molecular weight is 268 g/mol. The molecule has 18 heavy (non-hydrogen) atoms. The fraction of sp³-hybridized carbons (Fsp3) is 0.250. The van der Waals surface area contributed by atoms with Crippen molar-refractivity contribution in [1.29, 1.82) is 0 Å². The van der Waals surface area contributed by atoms with Gasteiger partial charge in [-0.1, -0.05) is 0 Å². The Morgan fingerprint density at radius 2 is 2.06 bits per heavy atom. The highest BCUT2D eigenvalue weighted by molar-refractivity contribution is 6.28. The van der Waals surface area contributed by atoms with Crippen LogP contribution in [0.1, 0.15) is 12.5 Å². The summed E-state index contributed by atoms with van der Waals surface area (Å²) >= 11 is 5.80. The van der Waals surface area contributed by atoms with E-state index in [-0.39, 0.29) is 17.1 Å². The van der Waals surface area contributed by atoms with E-state index in [0.29, 0.717) is 18.0 Å². The lowest BCUT2D eigenvalue weighted by molar-refractivity contribution is 0.312. The molecule has 0 aliphatic carbocycles. The first-order valence-corrected chi connectivity index (χ1v) is 5.79. The lowest BCUT2D eigenvalue weighted by Gasteiger charge is -2.06. The number of hydrogen-bond donors (Lipinski definition) is 0. The van der Waals surface area contributed by atoms with Gasteiger partial charge >= 0.3 is 6.01 Å². The summed E-state index contributed by atoms with van der Waals surface area (Å²) in [4.78, 5) is 12.0. The van der Waals surface area contributed by atoms with Crippen LogP contribution in [0.2, 0.25) is 5.28 Å². The van der Waals surface area contributed by atoms with Gasteiger partial charge in [-0.25, -0.2) is 4.39 Å². The first-order chi connectivity index (χ1) is 8.60. The monoisotopic (exact) mass is 267 g/mol. The molecule has 0 fully saturated rings. The van der Waals surface area contributed by atoms with Crippen molar-refractivity contribution in [2.45, 2.75) is 13.8 Å². The van der Waals surface area contributed by atoms with Crippen LogP contribution in [0.5, 0.6) is 6.01 Å². The molecule has 0 spiro atoms. The normalized spacial score (nSPS) is 10.4. The van der Waals surface area contributed by atoms with Crippen molar-refractivity contribution in [3.05, 3.63) is 34.9 Å². The Hall–Kier alpha value is -1.75. The molecule has 1 aromatic carbocycles. The van der Waals surface area contributed by atoms with Gasteiger partial charge in [-0.15, -0.1) is 0 Å². The number of aryl methyl sites for hydroxylation is 1. The summed E-state index contributed by atoms with van der Waals surface area (Å²) in [5, 5.41) is 0.0483.